The van der Waals surface area contributed by atoms with Gasteiger partial charge in [0.05, 0.1) is 16.8 Å². The summed E-state index contributed by atoms with van der Waals surface area (Å²) in [7, 11) is -3.79. The summed E-state index contributed by atoms with van der Waals surface area (Å²) in [6.45, 7) is 5.70. The maximum atomic E-state index is 12.9. The van der Waals surface area contributed by atoms with E-state index in [1.807, 2.05) is 38.1 Å². The fourth-order valence-corrected chi connectivity index (χ4v) is 4.63. The molecular weight excluding hydrogens is 402 g/mol. The summed E-state index contributed by atoms with van der Waals surface area (Å²) in [5.74, 6) is 0. The summed E-state index contributed by atoms with van der Waals surface area (Å²) in [5, 5.41) is 4.96. The molecule has 1 N–H and O–H groups in total. The van der Waals surface area contributed by atoms with Crippen molar-refractivity contribution in [1.29, 1.82) is 0 Å². The Labute approximate surface area is 174 Å². The van der Waals surface area contributed by atoms with Crippen molar-refractivity contribution in [3.05, 3.63) is 88.0 Å². The van der Waals surface area contributed by atoms with Gasteiger partial charge in [-0.2, -0.15) is 5.10 Å². The van der Waals surface area contributed by atoms with Gasteiger partial charge in [-0.3, -0.25) is 0 Å². The van der Waals surface area contributed by atoms with Crippen LogP contribution in [0.4, 0.5) is 0 Å². The van der Waals surface area contributed by atoms with Gasteiger partial charge in [-0.15, -0.1) is 0 Å². The van der Waals surface area contributed by atoms with Crippen LogP contribution < -0.4 is 10.3 Å². The van der Waals surface area contributed by atoms with Gasteiger partial charge in [0, 0.05) is 28.8 Å². The average molecular weight is 423 g/mol. The van der Waals surface area contributed by atoms with Crippen LogP contribution in [0.25, 0.3) is 16.7 Å². The second-order valence-corrected chi connectivity index (χ2v) is 8.94. The number of nitrogens with zero attached hydrogens (tertiary/aromatic N) is 2. The topological polar surface area (TPSA) is 94.2 Å². The molecule has 2 heterocycles. The zero-order valence-corrected chi connectivity index (χ0v) is 17.6. The summed E-state index contributed by atoms with van der Waals surface area (Å²) >= 11 is 0. The number of aryl methyl sites for hydroxylation is 1. The van der Waals surface area contributed by atoms with Gasteiger partial charge >= 0.3 is 5.63 Å². The SMILES string of the molecule is Cc1ccc(-n2ncc([C@@H](C)NS(=O)(=O)c3ccc4oc(=O)ccc4c3)c2C)cc1. The van der Waals surface area contributed by atoms with Crippen molar-refractivity contribution in [1.82, 2.24) is 14.5 Å². The maximum Gasteiger partial charge on any atom is 0.336 e. The molecule has 0 radical (unpaired) electrons. The first kappa shape index (κ1) is 20.1. The lowest BCUT2D eigenvalue weighted by Gasteiger charge is -2.15. The minimum absolute atomic E-state index is 0.0966. The minimum Gasteiger partial charge on any atom is -0.423 e. The highest BCUT2D eigenvalue weighted by molar-refractivity contribution is 7.89. The number of sulfonamides is 1. The Bertz CT molecular complexity index is 1390. The molecule has 0 aliphatic heterocycles. The summed E-state index contributed by atoms with van der Waals surface area (Å²) in [5.41, 5.74) is 3.56. The second kappa shape index (κ2) is 7.55. The van der Waals surface area contributed by atoms with Gasteiger partial charge in [0.15, 0.2) is 0 Å². The van der Waals surface area contributed by atoms with Gasteiger partial charge in [0.2, 0.25) is 10.0 Å². The van der Waals surface area contributed by atoms with Gasteiger partial charge in [-0.05, 0) is 57.2 Å². The largest absolute Gasteiger partial charge is 0.423 e. The number of hydrogen-bond donors (Lipinski definition) is 1. The highest BCUT2D eigenvalue weighted by Crippen LogP contribution is 2.24. The Hall–Kier alpha value is -3.23. The predicted molar refractivity (Wildman–Crippen MR) is 114 cm³/mol. The predicted octanol–water partition coefficient (Wildman–Crippen LogP) is 3.64. The van der Waals surface area contributed by atoms with Crippen molar-refractivity contribution >= 4 is 21.0 Å². The van der Waals surface area contributed by atoms with Crippen LogP contribution in [0.5, 0.6) is 0 Å². The molecule has 2 aromatic carbocycles. The van der Waals surface area contributed by atoms with Crippen LogP contribution in [0, 0.1) is 13.8 Å². The monoisotopic (exact) mass is 423 g/mol. The summed E-state index contributed by atoms with van der Waals surface area (Å²) < 4.78 is 35.4. The molecule has 0 saturated carbocycles. The maximum absolute atomic E-state index is 12.9. The van der Waals surface area contributed by atoms with E-state index in [1.165, 1.54) is 24.3 Å². The quantitative estimate of drug-likeness (QED) is 0.495. The summed E-state index contributed by atoms with van der Waals surface area (Å²) in [4.78, 5) is 11.4. The molecule has 0 unspecified atom stereocenters. The molecule has 8 heteroatoms. The summed E-state index contributed by atoms with van der Waals surface area (Å²) in [6.07, 6.45) is 1.68. The van der Waals surface area contributed by atoms with Crippen LogP contribution in [0.15, 0.2) is 74.9 Å². The first-order chi connectivity index (χ1) is 14.2. The van der Waals surface area contributed by atoms with Crippen LogP contribution in [-0.2, 0) is 10.0 Å². The van der Waals surface area contributed by atoms with Gasteiger partial charge in [-0.25, -0.2) is 22.6 Å². The molecule has 7 nitrogen and oxygen atoms in total. The standard InChI is InChI=1S/C22H21N3O4S/c1-14-4-7-18(8-5-14)25-16(3)20(13-23-25)15(2)24-30(27,28)19-9-10-21-17(12-19)6-11-22(26)29-21/h4-13,15,24H,1-3H3/t15-/m1/s1. The molecule has 4 rings (SSSR count). The lowest BCUT2D eigenvalue weighted by Crippen LogP contribution is -2.27. The van der Waals surface area contributed by atoms with Crippen molar-refractivity contribution in [3.8, 4) is 5.69 Å². The number of nitrogens with one attached hydrogen (secondary N) is 1. The van der Waals surface area contributed by atoms with Crippen molar-refractivity contribution in [3.63, 3.8) is 0 Å². The molecule has 0 aliphatic carbocycles. The van der Waals surface area contributed by atoms with E-state index in [-0.39, 0.29) is 4.90 Å². The Kier molecular flexibility index (Phi) is 5.05. The molecule has 0 saturated heterocycles. The normalized spacial score (nSPS) is 12.9. The van der Waals surface area contributed by atoms with Crippen molar-refractivity contribution in [2.24, 2.45) is 0 Å². The number of fused-ring (bicyclic) bond motifs is 1. The Morgan fingerprint density at radius 3 is 2.50 bits per heavy atom. The summed E-state index contributed by atoms with van der Waals surface area (Å²) in [6, 6.07) is 14.7. The molecule has 0 amide bonds. The third-order valence-corrected chi connectivity index (χ3v) is 6.56. The number of benzene rings is 2. The van der Waals surface area contributed by atoms with Crippen LogP contribution in [0.3, 0.4) is 0 Å². The molecule has 30 heavy (non-hydrogen) atoms. The highest BCUT2D eigenvalue weighted by Gasteiger charge is 2.22. The third kappa shape index (κ3) is 3.79. The molecule has 2 aromatic heterocycles. The van der Waals surface area contributed by atoms with E-state index in [2.05, 4.69) is 9.82 Å². The van der Waals surface area contributed by atoms with Crippen LogP contribution >= 0.6 is 0 Å². The van der Waals surface area contributed by atoms with E-state index in [4.69, 9.17) is 4.42 Å². The van der Waals surface area contributed by atoms with E-state index in [1.54, 1.807) is 23.9 Å². The fourth-order valence-electron chi connectivity index (χ4n) is 3.38. The van der Waals surface area contributed by atoms with E-state index in [9.17, 15) is 13.2 Å². The smallest absolute Gasteiger partial charge is 0.336 e. The Balaban J connectivity index is 1.61. The minimum atomic E-state index is -3.79. The first-order valence-electron chi connectivity index (χ1n) is 9.42. The molecule has 4 aromatic rings. The molecular formula is C22H21N3O4S. The molecule has 0 fully saturated rings. The van der Waals surface area contributed by atoms with Crippen molar-refractivity contribution < 1.29 is 12.8 Å². The molecule has 0 spiro atoms. The average Bonchev–Trinajstić information content (AvgIpc) is 3.09. The third-order valence-electron chi connectivity index (χ3n) is 5.03. The zero-order chi connectivity index (χ0) is 21.5. The first-order valence-corrected chi connectivity index (χ1v) is 10.9. The van der Waals surface area contributed by atoms with E-state index >= 15 is 0 Å². The van der Waals surface area contributed by atoms with Crippen LogP contribution in [0.2, 0.25) is 0 Å². The molecule has 0 aliphatic rings. The lowest BCUT2D eigenvalue weighted by molar-refractivity contribution is 0.559. The molecule has 1 atom stereocenters. The van der Waals surface area contributed by atoms with E-state index < -0.39 is 21.7 Å². The van der Waals surface area contributed by atoms with Crippen LogP contribution in [-0.4, -0.2) is 18.2 Å². The second-order valence-electron chi connectivity index (χ2n) is 7.23. The van der Waals surface area contributed by atoms with Crippen molar-refractivity contribution in [2.75, 3.05) is 0 Å². The van der Waals surface area contributed by atoms with Crippen molar-refractivity contribution in [2.45, 2.75) is 31.7 Å². The van der Waals surface area contributed by atoms with Gasteiger partial charge in [0.25, 0.3) is 0 Å². The number of rotatable bonds is 5. The fraction of sp³-hybridized carbons (Fsp3) is 0.182. The van der Waals surface area contributed by atoms with Gasteiger partial charge in [0.1, 0.15) is 5.58 Å². The highest BCUT2D eigenvalue weighted by atomic mass is 32.2. The van der Waals surface area contributed by atoms with E-state index in [0.717, 1.165) is 22.5 Å². The van der Waals surface area contributed by atoms with Crippen LogP contribution in [0.1, 0.15) is 29.8 Å². The van der Waals surface area contributed by atoms with E-state index in [0.29, 0.717) is 11.0 Å². The lowest BCUT2D eigenvalue weighted by atomic mass is 10.1. The molecule has 154 valence electrons. The Morgan fingerprint density at radius 2 is 1.77 bits per heavy atom. The number of hydrogen-bond acceptors (Lipinski definition) is 5. The van der Waals surface area contributed by atoms with Gasteiger partial charge in [-0.1, -0.05) is 17.7 Å². The number of aromatic nitrogens is 2. The molecule has 0 bridgehead atoms. The zero-order valence-electron chi connectivity index (χ0n) is 16.8. The Morgan fingerprint density at radius 1 is 1.03 bits per heavy atom. The van der Waals surface area contributed by atoms with Gasteiger partial charge < -0.3 is 4.42 Å².